The largest absolute Gasteiger partial charge is 0.478 e. The highest BCUT2D eigenvalue weighted by Crippen LogP contribution is 2.53. The third-order valence-electron chi connectivity index (χ3n) is 0.838. The van der Waals surface area contributed by atoms with E-state index in [0.717, 1.165) is 13.1 Å². The molecule has 0 aromatic rings. The molecule has 15 heavy (non-hydrogen) atoms. The van der Waals surface area contributed by atoms with Gasteiger partial charge in [0.15, 0.2) is 0 Å². The van der Waals surface area contributed by atoms with E-state index in [9.17, 15) is 9.13 Å². The number of phosphoric acid groups is 2. The fraction of sp³-hybridized carbons (Fsp3) is 1.00. The van der Waals surface area contributed by atoms with Gasteiger partial charge in [0.2, 0.25) is 0 Å². The second kappa shape index (κ2) is 8.35. The molecule has 0 aromatic carbocycles. The molecule has 0 aliphatic carbocycles. The van der Waals surface area contributed by atoms with Gasteiger partial charge in [-0.15, -0.1) is 0 Å². The molecular formula is C4H16N2O7P2. The monoisotopic (exact) mass is 266 g/mol. The summed E-state index contributed by atoms with van der Waals surface area (Å²) in [7, 11) is -6.22. The minimum Gasteiger partial charge on any atom is -0.318 e. The van der Waals surface area contributed by atoms with Crippen molar-refractivity contribution in [2.75, 3.05) is 27.2 Å². The van der Waals surface area contributed by atoms with Crippen molar-refractivity contribution in [3.63, 3.8) is 0 Å². The number of nitrogens with one attached hydrogen (secondary N) is 2. The topological polar surface area (TPSA) is 148 Å². The molecule has 0 bridgehead atoms. The first-order valence-corrected chi connectivity index (χ1v) is 6.80. The molecule has 0 saturated carbocycles. The van der Waals surface area contributed by atoms with Crippen LogP contribution in [-0.2, 0) is 13.4 Å². The summed E-state index contributed by atoms with van der Waals surface area (Å²) in [5.41, 5.74) is 0. The first-order valence-electron chi connectivity index (χ1n) is 3.74. The fourth-order valence-corrected chi connectivity index (χ4v) is 1.50. The lowest BCUT2D eigenvalue weighted by Gasteiger charge is -2.03. The van der Waals surface area contributed by atoms with Gasteiger partial charge in [0.25, 0.3) is 0 Å². The number of hydrogen-bond donors (Lipinski definition) is 6. The van der Waals surface area contributed by atoms with Crippen LogP contribution in [0.2, 0.25) is 0 Å². The van der Waals surface area contributed by atoms with E-state index in [1.807, 2.05) is 14.1 Å². The normalized spacial score (nSPS) is 11.9. The molecular weight excluding hydrogens is 250 g/mol. The second-order valence-electron chi connectivity index (χ2n) is 2.27. The molecule has 0 radical (unpaired) electrons. The van der Waals surface area contributed by atoms with Gasteiger partial charge < -0.3 is 30.2 Å². The van der Waals surface area contributed by atoms with E-state index in [0.29, 0.717) is 0 Å². The van der Waals surface area contributed by atoms with Crippen LogP contribution in [0.1, 0.15) is 0 Å². The summed E-state index contributed by atoms with van der Waals surface area (Å²) < 4.78 is 22.2. The van der Waals surface area contributed by atoms with Gasteiger partial charge in [-0.3, -0.25) is 0 Å². The zero-order valence-corrected chi connectivity index (χ0v) is 10.1. The highest BCUT2D eigenvalue weighted by molar-refractivity contribution is 7.60. The van der Waals surface area contributed by atoms with E-state index in [4.69, 9.17) is 19.6 Å². The van der Waals surface area contributed by atoms with Gasteiger partial charge in [-0.1, -0.05) is 0 Å². The quantitative estimate of drug-likeness (QED) is 0.261. The summed E-state index contributed by atoms with van der Waals surface area (Å²) in [6, 6.07) is 0. The second-order valence-corrected chi connectivity index (χ2v) is 4.89. The maximum absolute atomic E-state index is 9.63. The molecule has 0 amide bonds. The average Bonchev–Trinajstić information content (AvgIpc) is 1.94. The van der Waals surface area contributed by atoms with Gasteiger partial charge in [0, 0.05) is 13.1 Å². The van der Waals surface area contributed by atoms with Crippen LogP contribution >= 0.6 is 15.6 Å². The molecule has 0 aliphatic rings. The lowest BCUT2D eigenvalue weighted by atomic mass is 10.6. The average molecular weight is 266 g/mol. The Labute approximate surface area is 87.3 Å². The molecule has 0 unspecified atom stereocenters. The van der Waals surface area contributed by atoms with Crippen LogP contribution in [0.5, 0.6) is 0 Å². The van der Waals surface area contributed by atoms with E-state index in [-0.39, 0.29) is 0 Å². The third kappa shape index (κ3) is 25.0. The molecule has 0 spiro atoms. The van der Waals surface area contributed by atoms with Crippen molar-refractivity contribution in [3.8, 4) is 0 Å². The molecule has 11 heteroatoms. The predicted molar refractivity (Wildman–Crippen MR) is 53.0 cm³/mol. The van der Waals surface area contributed by atoms with Crippen molar-refractivity contribution in [1.29, 1.82) is 0 Å². The van der Waals surface area contributed by atoms with Gasteiger partial charge in [0.05, 0.1) is 0 Å². The van der Waals surface area contributed by atoms with Crippen molar-refractivity contribution in [1.82, 2.24) is 10.6 Å². The van der Waals surface area contributed by atoms with Gasteiger partial charge in [-0.05, 0) is 14.1 Å². The Bertz CT molecular complexity index is 211. The van der Waals surface area contributed by atoms with E-state index in [1.165, 1.54) is 0 Å². The van der Waals surface area contributed by atoms with E-state index < -0.39 is 15.6 Å². The van der Waals surface area contributed by atoms with Crippen LogP contribution in [0.3, 0.4) is 0 Å². The minimum absolute atomic E-state index is 1.05. The van der Waals surface area contributed by atoms with Gasteiger partial charge in [-0.2, -0.15) is 4.31 Å². The van der Waals surface area contributed by atoms with Gasteiger partial charge in [-0.25, -0.2) is 9.13 Å². The first kappa shape index (κ1) is 17.6. The van der Waals surface area contributed by atoms with E-state index >= 15 is 0 Å². The Morgan fingerprint density at radius 2 is 1.20 bits per heavy atom. The molecule has 0 aromatic heterocycles. The van der Waals surface area contributed by atoms with Crippen molar-refractivity contribution < 1.29 is 33.0 Å². The van der Waals surface area contributed by atoms with Crippen LogP contribution in [0.15, 0.2) is 0 Å². The standard InChI is InChI=1S/C4H12N2.H4O7P2/c1-5-3-4-6-2;1-8(2,3)7-9(4,5)6/h5-6H,3-4H2,1-2H3;(H2,1,2,3)(H2,4,5,6). The summed E-state index contributed by atoms with van der Waals surface area (Å²) in [5, 5.41) is 6.01. The van der Waals surface area contributed by atoms with Crippen molar-refractivity contribution in [3.05, 3.63) is 0 Å². The number of likely N-dealkylation sites (N-methyl/N-ethyl adjacent to an activating group) is 2. The molecule has 0 rings (SSSR count). The van der Waals surface area contributed by atoms with Crippen LogP contribution in [0.4, 0.5) is 0 Å². The highest BCUT2D eigenvalue weighted by Gasteiger charge is 2.27. The Morgan fingerprint density at radius 3 is 1.27 bits per heavy atom. The van der Waals surface area contributed by atoms with Crippen LogP contribution in [0.25, 0.3) is 0 Å². The SMILES string of the molecule is CNCCNC.O=P(O)(O)OP(=O)(O)O. The molecule has 94 valence electrons. The van der Waals surface area contributed by atoms with Crippen LogP contribution in [0, 0.1) is 0 Å². The van der Waals surface area contributed by atoms with E-state index in [1.54, 1.807) is 0 Å². The molecule has 0 heterocycles. The maximum atomic E-state index is 9.63. The molecule has 9 nitrogen and oxygen atoms in total. The zero-order valence-electron chi connectivity index (χ0n) is 8.32. The highest BCUT2D eigenvalue weighted by atomic mass is 31.3. The lowest BCUT2D eigenvalue weighted by molar-refractivity contribution is 0.225. The Morgan fingerprint density at radius 1 is 0.933 bits per heavy atom. The van der Waals surface area contributed by atoms with Crippen LogP contribution < -0.4 is 10.6 Å². The number of rotatable bonds is 5. The molecule has 0 aliphatic heterocycles. The minimum atomic E-state index is -5.05. The Balaban J connectivity index is 0. The Hall–Kier alpha value is 0.180. The summed E-state index contributed by atoms with van der Waals surface area (Å²) in [4.78, 5) is 31.0. The zero-order chi connectivity index (χ0) is 12.5. The summed E-state index contributed by atoms with van der Waals surface area (Å²) in [6.07, 6.45) is 0. The summed E-state index contributed by atoms with van der Waals surface area (Å²) >= 11 is 0. The van der Waals surface area contributed by atoms with Crippen molar-refractivity contribution in [2.24, 2.45) is 0 Å². The Kier molecular flexibility index (Phi) is 9.78. The third-order valence-corrected chi connectivity index (χ3v) is 2.54. The van der Waals surface area contributed by atoms with Gasteiger partial charge >= 0.3 is 15.6 Å². The molecule has 0 fully saturated rings. The summed E-state index contributed by atoms with van der Waals surface area (Å²) in [6.45, 7) is 2.10. The van der Waals surface area contributed by atoms with Crippen LogP contribution in [-0.4, -0.2) is 46.8 Å². The molecule has 6 N–H and O–H groups in total. The predicted octanol–water partition coefficient (Wildman–Crippen LogP) is -1.39. The van der Waals surface area contributed by atoms with Crippen molar-refractivity contribution in [2.45, 2.75) is 0 Å². The van der Waals surface area contributed by atoms with Gasteiger partial charge in [0.1, 0.15) is 0 Å². The fourth-order valence-electron chi connectivity index (χ4n) is 0.389. The van der Waals surface area contributed by atoms with Crippen molar-refractivity contribution >= 4 is 15.6 Å². The first-order chi connectivity index (χ1) is 6.62. The summed E-state index contributed by atoms with van der Waals surface area (Å²) in [5.74, 6) is 0. The van der Waals surface area contributed by atoms with E-state index in [2.05, 4.69) is 14.9 Å². The molecule has 0 saturated heterocycles. The lowest BCUT2D eigenvalue weighted by Crippen LogP contribution is -2.21. The number of hydrogen-bond acceptors (Lipinski definition) is 5. The molecule has 0 atom stereocenters. The maximum Gasteiger partial charge on any atom is 0.478 e. The smallest absolute Gasteiger partial charge is 0.318 e.